The monoisotopic (exact) mass is 368 g/mol. The molecule has 0 radical (unpaired) electrons. The van der Waals surface area contributed by atoms with Crippen molar-refractivity contribution in [2.75, 3.05) is 0 Å². The lowest BCUT2D eigenvalue weighted by Gasteiger charge is -2.43. The second-order valence-corrected chi connectivity index (χ2v) is 8.01. The molecule has 0 saturated heterocycles. The van der Waals surface area contributed by atoms with Gasteiger partial charge in [-0.2, -0.15) is 13.2 Å². The van der Waals surface area contributed by atoms with E-state index in [1.54, 1.807) is 0 Å². The highest BCUT2D eigenvalue weighted by Crippen LogP contribution is 2.41. The summed E-state index contributed by atoms with van der Waals surface area (Å²) in [5, 5.41) is 3.05. The lowest BCUT2D eigenvalue weighted by Crippen LogP contribution is -2.50. The van der Waals surface area contributed by atoms with E-state index >= 15 is 0 Å². The molecule has 2 bridgehead atoms. The summed E-state index contributed by atoms with van der Waals surface area (Å²) in [6, 6.07) is 5.26. The van der Waals surface area contributed by atoms with E-state index in [1.807, 2.05) is 6.92 Å². The summed E-state index contributed by atoms with van der Waals surface area (Å²) >= 11 is 0. The molecule has 2 saturated carbocycles. The Bertz CT molecular complexity index is 615. The van der Waals surface area contributed by atoms with Crippen molar-refractivity contribution in [3.05, 3.63) is 35.4 Å². The van der Waals surface area contributed by atoms with Crippen LogP contribution in [0, 0.1) is 17.8 Å². The lowest BCUT2D eigenvalue weighted by molar-refractivity contribution is -0.137. The molecule has 3 rings (SSSR count). The molecule has 26 heavy (non-hydrogen) atoms. The van der Waals surface area contributed by atoms with Crippen LogP contribution in [0.1, 0.15) is 50.2 Å². The molecule has 3 nitrogen and oxygen atoms in total. The molecule has 0 aliphatic heterocycles. The number of carbonyl (C=O) groups excluding carboxylic acids is 1. The molecular formula is C20H27F3N2O. The number of fused-ring (bicyclic) bond motifs is 2. The van der Waals surface area contributed by atoms with E-state index in [1.165, 1.54) is 18.6 Å². The minimum atomic E-state index is -4.32. The standard InChI is InChI=1S/C20H27F3N2O/c1-12(9-13-5-7-17(8-6-13)20(21,22)23)25-19(26)16-10-14-3-2-4-15(11-16)18(14)24/h5-8,12,14-16,18H,2-4,9-11,24H2,1H3,(H,25,26). The summed E-state index contributed by atoms with van der Waals surface area (Å²) in [4.78, 5) is 12.6. The third-order valence-electron chi connectivity index (χ3n) is 6.00. The van der Waals surface area contributed by atoms with Gasteiger partial charge < -0.3 is 11.1 Å². The molecule has 0 aromatic heterocycles. The van der Waals surface area contributed by atoms with Crippen molar-refractivity contribution in [2.24, 2.45) is 23.5 Å². The zero-order valence-electron chi connectivity index (χ0n) is 15.1. The van der Waals surface area contributed by atoms with Crippen LogP contribution in [0.15, 0.2) is 24.3 Å². The Labute approximate surface area is 152 Å². The zero-order valence-corrected chi connectivity index (χ0v) is 15.1. The number of benzene rings is 1. The van der Waals surface area contributed by atoms with Gasteiger partial charge in [-0.05, 0) is 68.6 Å². The fraction of sp³-hybridized carbons (Fsp3) is 0.650. The third kappa shape index (κ3) is 4.40. The van der Waals surface area contributed by atoms with Crippen molar-refractivity contribution >= 4 is 5.91 Å². The molecule has 2 aliphatic carbocycles. The first-order valence-electron chi connectivity index (χ1n) is 9.46. The van der Waals surface area contributed by atoms with Crippen LogP contribution in [0.2, 0.25) is 0 Å². The van der Waals surface area contributed by atoms with Crippen LogP contribution in [-0.2, 0) is 17.4 Å². The smallest absolute Gasteiger partial charge is 0.353 e. The van der Waals surface area contributed by atoms with E-state index in [2.05, 4.69) is 5.32 Å². The molecule has 1 aromatic carbocycles. The van der Waals surface area contributed by atoms with Gasteiger partial charge in [-0.25, -0.2) is 0 Å². The molecule has 0 heterocycles. The number of carbonyl (C=O) groups is 1. The molecule has 2 aliphatic rings. The number of hydrogen-bond donors (Lipinski definition) is 2. The van der Waals surface area contributed by atoms with Gasteiger partial charge in [0.05, 0.1) is 5.56 Å². The summed E-state index contributed by atoms with van der Waals surface area (Å²) in [5.74, 6) is 0.973. The summed E-state index contributed by atoms with van der Waals surface area (Å²) in [7, 11) is 0. The van der Waals surface area contributed by atoms with Crippen LogP contribution in [0.3, 0.4) is 0 Å². The highest BCUT2D eigenvalue weighted by Gasteiger charge is 2.40. The quantitative estimate of drug-likeness (QED) is 0.847. The Kier molecular flexibility index (Phi) is 5.61. The molecule has 0 spiro atoms. The summed E-state index contributed by atoms with van der Waals surface area (Å²) in [6.45, 7) is 1.89. The van der Waals surface area contributed by atoms with E-state index in [4.69, 9.17) is 5.73 Å². The molecule has 6 heteroatoms. The number of alkyl halides is 3. The SMILES string of the molecule is CC(Cc1ccc(C(F)(F)F)cc1)NC(=O)C1CC2CCCC(C1)C2N. The predicted molar refractivity (Wildman–Crippen MR) is 94.3 cm³/mol. The third-order valence-corrected chi connectivity index (χ3v) is 6.00. The Balaban J connectivity index is 1.53. The Morgan fingerprint density at radius 3 is 2.31 bits per heavy atom. The van der Waals surface area contributed by atoms with E-state index in [9.17, 15) is 18.0 Å². The molecule has 1 aromatic rings. The maximum Gasteiger partial charge on any atom is 0.416 e. The molecule has 144 valence electrons. The average molecular weight is 368 g/mol. The van der Waals surface area contributed by atoms with Crippen LogP contribution in [-0.4, -0.2) is 18.0 Å². The highest BCUT2D eigenvalue weighted by atomic mass is 19.4. The van der Waals surface area contributed by atoms with E-state index < -0.39 is 11.7 Å². The maximum atomic E-state index is 12.6. The fourth-order valence-corrected chi connectivity index (χ4v) is 4.60. The molecular weight excluding hydrogens is 341 g/mol. The van der Waals surface area contributed by atoms with E-state index in [-0.39, 0.29) is 23.9 Å². The first-order valence-corrected chi connectivity index (χ1v) is 9.46. The van der Waals surface area contributed by atoms with E-state index in [0.29, 0.717) is 18.3 Å². The first kappa shape index (κ1) is 19.2. The van der Waals surface area contributed by atoms with Gasteiger partial charge in [0.25, 0.3) is 0 Å². The minimum absolute atomic E-state index is 0.0140. The number of hydrogen-bond acceptors (Lipinski definition) is 2. The number of halogens is 3. The number of nitrogens with two attached hydrogens (primary N) is 1. The predicted octanol–water partition coefficient (Wildman–Crippen LogP) is 3.91. The molecule has 2 fully saturated rings. The van der Waals surface area contributed by atoms with Crippen molar-refractivity contribution < 1.29 is 18.0 Å². The molecule has 1 amide bonds. The zero-order chi connectivity index (χ0) is 18.9. The van der Waals surface area contributed by atoms with Gasteiger partial charge in [0.15, 0.2) is 0 Å². The van der Waals surface area contributed by atoms with Crippen molar-refractivity contribution in [3.63, 3.8) is 0 Å². The summed E-state index contributed by atoms with van der Waals surface area (Å²) in [5.41, 5.74) is 6.42. The minimum Gasteiger partial charge on any atom is -0.353 e. The van der Waals surface area contributed by atoms with Crippen molar-refractivity contribution in [3.8, 4) is 0 Å². The Morgan fingerprint density at radius 2 is 1.77 bits per heavy atom. The van der Waals surface area contributed by atoms with Gasteiger partial charge >= 0.3 is 6.18 Å². The van der Waals surface area contributed by atoms with Gasteiger partial charge in [-0.15, -0.1) is 0 Å². The second kappa shape index (κ2) is 7.59. The van der Waals surface area contributed by atoms with Gasteiger partial charge in [-0.1, -0.05) is 18.6 Å². The summed E-state index contributed by atoms with van der Waals surface area (Å²) in [6.07, 6.45) is 1.35. The van der Waals surface area contributed by atoms with Crippen LogP contribution in [0.25, 0.3) is 0 Å². The second-order valence-electron chi connectivity index (χ2n) is 8.01. The van der Waals surface area contributed by atoms with Crippen LogP contribution >= 0.6 is 0 Å². The molecule has 3 atom stereocenters. The molecule has 3 N–H and O–H groups in total. The first-order chi connectivity index (χ1) is 12.2. The lowest BCUT2D eigenvalue weighted by atomic mass is 9.65. The average Bonchev–Trinajstić information content (AvgIpc) is 2.54. The number of rotatable bonds is 4. The van der Waals surface area contributed by atoms with Crippen LogP contribution in [0.5, 0.6) is 0 Å². The van der Waals surface area contributed by atoms with Gasteiger partial charge in [0, 0.05) is 18.0 Å². The summed E-state index contributed by atoms with van der Waals surface area (Å²) < 4.78 is 37.9. The van der Waals surface area contributed by atoms with Crippen molar-refractivity contribution in [1.29, 1.82) is 0 Å². The van der Waals surface area contributed by atoms with Gasteiger partial charge in [0.2, 0.25) is 5.91 Å². The Hall–Kier alpha value is -1.56. The van der Waals surface area contributed by atoms with Crippen LogP contribution < -0.4 is 11.1 Å². The highest BCUT2D eigenvalue weighted by molar-refractivity contribution is 5.79. The normalized spacial score (nSPS) is 29.9. The van der Waals surface area contributed by atoms with E-state index in [0.717, 1.165) is 43.4 Å². The molecule has 3 unspecified atom stereocenters. The number of nitrogens with one attached hydrogen (secondary N) is 1. The maximum absolute atomic E-state index is 12.6. The largest absolute Gasteiger partial charge is 0.416 e. The van der Waals surface area contributed by atoms with Gasteiger partial charge in [-0.3, -0.25) is 4.79 Å². The number of amides is 1. The Morgan fingerprint density at radius 1 is 1.19 bits per heavy atom. The fourth-order valence-electron chi connectivity index (χ4n) is 4.60. The van der Waals surface area contributed by atoms with Gasteiger partial charge in [0.1, 0.15) is 0 Å². The van der Waals surface area contributed by atoms with Crippen molar-refractivity contribution in [2.45, 2.75) is 63.7 Å². The van der Waals surface area contributed by atoms with Crippen LogP contribution in [0.4, 0.5) is 13.2 Å². The van der Waals surface area contributed by atoms with Crippen molar-refractivity contribution in [1.82, 2.24) is 5.32 Å². The topological polar surface area (TPSA) is 55.1 Å².